The summed E-state index contributed by atoms with van der Waals surface area (Å²) in [5.74, 6) is 2.94. The minimum absolute atomic E-state index is 0.268. The van der Waals surface area contributed by atoms with Crippen molar-refractivity contribution in [3.8, 4) is 0 Å². The van der Waals surface area contributed by atoms with Crippen molar-refractivity contribution >= 4 is 29.8 Å². The van der Waals surface area contributed by atoms with Gasteiger partial charge in [-0.15, -0.1) is 0 Å². The molecule has 2 rings (SSSR count). The molecule has 2 aromatic heterocycles. The first-order valence-electron chi connectivity index (χ1n) is 5.88. The van der Waals surface area contributed by atoms with Crippen LogP contribution < -0.4 is 10.9 Å². The molecular formula is C13H14N4O2S. The summed E-state index contributed by atoms with van der Waals surface area (Å²) in [6.45, 7) is 3.73. The molecule has 0 aliphatic rings. The maximum Gasteiger partial charge on any atom is 0.207 e. The fourth-order valence-electron chi connectivity index (χ4n) is 1.38. The van der Waals surface area contributed by atoms with E-state index >= 15 is 0 Å². The number of hydrazone groups is 2. The van der Waals surface area contributed by atoms with Gasteiger partial charge in [-0.05, 0) is 50.3 Å². The van der Waals surface area contributed by atoms with Crippen molar-refractivity contribution in [1.29, 1.82) is 0 Å². The molecule has 0 atom stereocenters. The molecule has 0 spiro atoms. The summed E-state index contributed by atoms with van der Waals surface area (Å²) in [7, 11) is 0. The van der Waals surface area contributed by atoms with Gasteiger partial charge in [0.15, 0.2) is 0 Å². The van der Waals surface area contributed by atoms with Crippen LogP contribution >= 0.6 is 12.2 Å². The second-order valence-corrected chi connectivity index (χ2v) is 4.37. The van der Waals surface area contributed by atoms with E-state index in [9.17, 15) is 0 Å². The van der Waals surface area contributed by atoms with Crippen LogP contribution in [-0.4, -0.2) is 17.5 Å². The Kier molecular flexibility index (Phi) is 4.67. The summed E-state index contributed by atoms with van der Waals surface area (Å²) in [6, 6.07) is 7.34. The van der Waals surface area contributed by atoms with Gasteiger partial charge in [-0.1, -0.05) is 0 Å². The highest BCUT2D eigenvalue weighted by Gasteiger charge is 1.95. The molecule has 104 valence electrons. The Labute approximate surface area is 121 Å². The zero-order valence-corrected chi connectivity index (χ0v) is 11.9. The standard InChI is InChI=1S/C13H14N4O2S/c1-9-3-5-11(18-9)7-14-16-13(20)17-15-8-12-6-4-10(2)19-12/h3-8H,1-2H3,(H2,16,17,20)/b14-7-,15-8+. The lowest BCUT2D eigenvalue weighted by atomic mass is 10.4. The third-order valence-electron chi connectivity index (χ3n) is 2.24. The van der Waals surface area contributed by atoms with Crippen molar-refractivity contribution in [1.82, 2.24) is 10.9 Å². The Morgan fingerprint density at radius 2 is 1.40 bits per heavy atom. The maximum absolute atomic E-state index is 5.31. The van der Waals surface area contributed by atoms with E-state index in [1.807, 2.05) is 38.1 Å². The summed E-state index contributed by atoms with van der Waals surface area (Å²) in [4.78, 5) is 0. The maximum atomic E-state index is 5.31. The van der Waals surface area contributed by atoms with Crippen LogP contribution in [0.25, 0.3) is 0 Å². The average molecular weight is 290 g/mol. The molecular weight excluding hydrogens is 276 g/mol. The molecule has 7 heteroatoms. The van der Waals surface area contributed by atoms with Crippen molar-refractivity contribution in [2.45, 2.75) is 13.8 Å². The van der Waals surface area contributed by atoms with Gasteiger partial charge in [0.2, 0.25) is 5.11 Å². The van der Waals surface area contributed by atoms with E-state index < -0.39 is 0 Å². The lowest BCUT2D eigenvalue weighted by Crippen LogP contribution is -2.28. The first-order valence-corrected chi connectivity index (χ1v) is 6.29. The minimum atomic E-state index is 0.268. The Bertz CT molecular complexity index is 588. The van der Waals surface area contributed by atoms with Crippen LogP contribution in [0, 0.1) is 13.8 Å². The van der Waals surface area contributed by atoms with Crippen LogP contribution in [0.2, 0.25) is 0 Å². The third kappa shape index (κ3) is 4.36. The Balaban J connectivity index is 1.75. The molecule has 0 amide bonds. The molecule has 2 heterocycles. The predicted molar refractivity (Wildman–Crippen MR) is 80.9 cm³/mol. The molecule has 2 N–H and O–H groups in total. The Morgan fingerprint density at radius 3 is 1.75 bits per heavy atom. The van der Waals surface area contributed by atoms with E-state index in [-0.39, 0.29) is 5.11 Å². The van der Waals surface area contributed by atoms with Gasteiger partial charge < -0.3 is 8.83 Å². The highest BCUT2D eigenvalue weighted by atomic mass is 32.1. The van der Waals surface area contributed by atoms with Crippen LogP contribution in [0.3, 0.4) is 0 Å². The second kappa shape index (κ2) is 6.67. The molecule has 0 unspecified atom stereocenters. The number of nitrogens with one attached hydrogen (secondary N) is 2. The SMILES string of the molecule is Cc1ccc(/C=N\NC(=S)N/N=C/c2ccc(C)o2)o1. The molecule has 0 aliphatic carbocycles. The fourth-order valence-corrected chi connectivity index (χ4v) is 1.49. The van der Waals surface area contributed by atoms with Gasteiger partial charge >= 0.3 is 0 Å². The van der Waals surface area contributed by atoms with Crippen LogP contribution in [0.5, 0.6) is 0 Å². The Hall–Kier alpha value is -2.41. The third-order valence-corrected chi connectivity index (χ3v) is 2.42. The quantitative estimate of drug-likeness (QED) is 0.513. The molecule has 0 aliphatic heterocycles. The van der Waals surface area contributed by atoms with Crippen LogP contribution in [-0.2, 0) is 0 Å². The van der Waals surface area contributed by atoms with Gasteiger partial charge in [0.05, 0.1) is 12.4 Å². The lowest BCUT2D eigenvalue weighted by molar-refractivity contribution is 0.527. The normalized spacial score (nSPS) is 11.3. The molecule has 6 nitrogen and oxygen atoms in total. The summed E-state index contributed by atoms with van der Waals surface area (Å²) < 4.78 is 10.6. The topological polar surface area (TPSA) is 75.1 Å². The van der Waals surface area contributed by atoms with Gasteiger partial charge in [-0.3, -0.25) is 10.9 Å². The summed E-state index contributed by atoms with van der Waals surface area (Å²) in [5, 5.41) is 8.10. The number of thiocarbonyl (C=S) groups is 1. The fraction of sp³-hybridized carbons (Fsp3) is 0.154. The first kappa shape index (κ1) is 14.0. The number of furan rings is 2. The van der Waals surface area contributed by atoms with Crippen molar-refractivity contribution in [3.05, 3.63) is 47.3 Å². The van der Waals surface area contributed by atoms with Crippen LogP contribution in [0.4, 0.5) is 0 Å². The van der Waals surface area contributed by atoms with Gasteiger partial charge in [0.1, 0.15) is 23.0 Å². The molecule has 0 fully saturated rings. The zero-order chi connectivity index (χ0) is 14.4. The van der Waals surface area contributed by atoms with Gasteiger partial charge in [0, 0.05) is 0 Å². The summed E-state index contributed by atoms with van der Waals surface area (Å²) >= 11 is 4.98. The minimum Gasteiger partial charge on any atom is -0.460 e. The number of nitrogens with zero attached hydrogens (tertiary/aromatic N) is 2. The molecule has 0 saturated heterocycles. The van der Waals surface area contributed by atoms with Crippen LogP contribution in [0.1, 0.15) is 23.0 Å². The van der Waals surface area contributed by atoms with E-state index in [0.29, 0.717) is 11.5 Å². The van der Waals surface area contributed by atoms with E-state index in [1.165, 1.54) is 12.4 Å². The van der Waals surface area contributed by atoms with E-state index in [0.717, 1.165) is 11.5 Å². The molecule has 2 aromatic rings. The highest BCUT2D eigenvalue weighted by molar-refractivity contribution is 7.80. The van der Waals surface area contributed by atoms with Crippen molar-refractivity contribution in [2.75, 3.05) is 0 Å². The Morgan fingerprint density at radius 1 is 0.950 bits per heavy atom. The predicted octanol–water partition coefficient (Wildman–Crippen LogP) is 2.32. The van der Waals surface area contributed by atoms with Crippen molar-refractivity contribution in [2.24, 2.45) is 10.2 Å². The number of aryl methyl sites for hydroxylation is 2. The van der Waals surface area contributed by atoms with Crippen LogP contribution in [0.15, 0.2) is 43.3 Å². The van der Waals surface area contributed by atoms with Gasteiger partial charge in [-0.25, -0.2) is 0 Å². The molecule has 0 aromatic carbocycles. The van der Waals surface area contributed by atoms with Gasteiger partial charge in [0.25, 0.3) is 0 Å². The largest absolute Gasteiger partial charge is 0.460 e. The van der Waals surface area contributed by atoms with E-state index in [1.54, 1.807) is 0 Å². The molecule has 0 saturated carbocycles. The number of hydrogen-bond acceptors (Lipinski definition) is 5. The number of rotatable bonds is 4. The van der Waals surface area contributed by atoms with E-state index in [4.69, 9.17) is 21.1 Å². The highest BCUT2D eigenvalue weighted by Crippen LogP contribution is 2.03. The van der Waals surface area contributed by atoms with Crippen molar-refractivity contribution < 1.29 is 8.83 Å². The first-order chi connectivity index (χ1) is 9.63. The second-order valence-electron chi connectivity index (χ2n) is 3.97. The molecule has 20 heavy (non-hydrogen) atoms. The summed E-state index contributed by atoms with van der Waals surface area (Å²) in [6.07, 6.45) is 3.06. The average Bonchev–Trinajstić information content (AvgIpc) is 2.99. The van der Waals surface area contributed by atoms with Crippen molar-refractivity contribution in [3.63, 3.8) is 0 Å². The monoisotopic (exact) mass is 290 g/mol. The van der Waals surface area contributed by atoms with E-state index in [2.05, 4.69) is 21.1 Å². The smallest absolute Gasteiger partial charge is 0.207 e. The molecule has 0 radical (unpaired) electrons. The molecule has 0 bridgehead atoms. The zero-order valence-electron chi connectivity index (χ0n) is 11.1. The number of hydrogen-bond donors (Lipinski definition) is 2. The summed E-state index contributed by atoms with van der Waals surface area (Å²) in [5.41, 5.74) is 5.23. The lowest BCUT2D eigenvalue weighted by Gasteiger charge is -1.99. The van der Waals surface area contributed by atoms with Gasteiger partial charge in [-0.2, -0.15) is 10.2 Å².